The van der Waals surface area contributed by atoms with E-state index in [-0.39, 0.29) is 42.9 Å². The number of amides is 1. The van der Waals surface area contributed by atoms with Gasteiger partial charge in [-0.3, -0.25) is 9.69 Å². The Labute approximate surface area is 175 Å². The van der Waals surface area contributed by atoms with Crippen LogP contribution in [0.15, 0.2) is 30.3 Å². The van der Waals surface area contributed by atoms with Crippen molar-refractivity contribution >= 4 is 30.7 Å². The lowest BCUT2D eigenvalue weighted by Gasteiger charge is -2.35. The van der Waals surface area contributed by atoms with Gasteiger partial charge in [0.05, 0.1) is 25.7 Å². The molecule has 27 heavy (non-hydrogen) atoms. The van der Waals surface area contributed by atoms with Crippen molar-refractivity contribution in [2.75, 3.05) is 46.5 Å². The lowest BCUT2D eigenvalue weighted by atomic mass is 10.1. The first kappa shape index (κ1) is 26.1. The monoisotopic (exact) mass is 421 g/mol. The third-order valence-corrected chi connectivity index (χ3v) is 4.67. The molecule has 0 saturated carbocycles. The van der Waals surface area contributed by atoms with Gasteiger partial charge < -0.3 is 20.1 Å². The van der Waals surface area contributed by atoms with Crippen LogP contribution in [0.5, 0.6) is 0 Å². The predicted octanol–water partition coefficient (Wildman–Crippen LogP) is 1.94. The van der Waals surface area contributed by atoms with E-state index in [1.54, 1.807) is 7.11 Å². The van der Waals surface area contributed by atoms with E-state index in [1.807, 2.05) is 23.1 Å². The van der Waals surface area contributed by atoms with Crippen LogP contribution in [0.25, 0.3) is 0 Å². The van der Waals surface area contributed by atoms with Gasteiger partial charge in [-0.1, -0.05) is 30.3 Å². The molecule has 2 unspecified atom stereocenters. The summed E-state index contributed by atoms with van der Waals surface area (Å²) >= 11 is 0. The summed E-state index contributed by atoms with van der Waals surface area (Å²) in [5.74, 6) is 0.0851. The molecule has 0 aliphatic carbocycles. The van der Waals surface area contributed by atoms with Crippen LogP contribution in [0.4, 0.5) is 0 Å². The molecule has 1 aliphatic heterocycles. The van der Waals surface area contributed by atoms with Crippen LogP contribution < -0.4 is 5.73 Å². The minimum absolute atomic E-state index is 0. The number of carbonyl (C=O) groups excluding carboxylic acids is 1. The number of nitrogens with zero attached hydrogens (tertiary/aromatic N) is 2. The standard InChI is InChI=1S/C19H31N3O3.2ClH/c1-16(14-21-8-10-25-11-9-21)22(15-17-6-4-3-5-7-17)19(23)12-18(13-20)24-2;;/h3-7,16,18H,8-15,20H2,1-2H3;2*1H. The highest BCUT2D eigenvalue weighted by Gasteiger charge is 2.25. The van der Waals surface area contributed by atoms with E-state index in [9.17, 15) is 4.79 Å². The predicted molar refractivity (Wildman–Crippen MR) is 113 cm³/mol. The van der Waals surface area contributed by atoms with Crippen molar-refractivity contribution in [3.63, 3.8) is 0 Å². The lowest BCUT2D eigenvalue weighted by Crippen LogP contribution is -2.48. The van der Waals surface area contributed by atoms with Crippen LogP contribution in [0.3, 0.4) is 0 Å². The molecule has 156 valence electrons. The third-order valence-electron chi connectivity index (χ3n) is 4.67. The molecule has 0 aromatic heterocycles. The summed E-state index contributed by atoms with van der Waals surface area (Å²) in [5.41, 5.74) is 6.82. The minimum atomic E-state index is -0.235. The fraction of sp³-hybridized carbons (Fsp3) is 0.632. The van der Waals surface area contributed by atoms with Crippen molar-refractivity contribution < 1.29 is 14.3 Å². The summed E-state index contributed by atoms with van der Waals surface area (Å²) in [4.78, 5) is 17.2. The number of rotatable bonds is 9. The highest BCUT2D eigenvalue weighted by atomic mass is 35.5. The Morgan fingerprint density at radius 3 is 2.44 bits per heavy atom. The van der Waals surface area contributed by atoms with Crippen LogP contribution in [0.2, 0.25) is 0 Å². The maximum absolute atomic E-state index is 12.9. The van der Waals surface area contributed by atoms with E-state index in [0.29, 0.717) is 19.5 Å². The van der Waals surface area contributed by atoms with Crippen molar-refractivity contribution in [2.24, 2.45) is 5.73 Å². The smallest absolute Gasteiger partial charge is 0.225 e. The van der Waals surface area contributed by atoms with Crippen molar-refractivity contribution in [1.82, 2.24) is 9.80 Å². The summed E-state index contributed by atoms with van der Waals surface area (Å²) in [6.07, 6.45) is 0.0779. The minimum Gasteiger partial charge on any atom is -0.380 e. The SMILES string of the molecule is COC(CN)CC(=O)N(Cc1ccccc1)C(C)CN1CCOCC1.Cl.Cl. The largest absolute Gasteiger partial charge is 0.380 e. The summed E-state index contributed by atoms with van der Waals surface area (Å²) in [7, 11) is 1.60. The second-order valence-corrected chi connectivity index (χ2v) is 6.57. The first-order valence-electron chi connectivity index (χ1n) is 9.00. The Balaban J connectivity index is 0.00000338. The number of ether oxygens (including phenoxy) is 2. The van der Waals surface area contributed by atoms with Gasteiger partial charge in [-0.2, -0.15) is 0 Å². The van der Waals surface area contributed by atoms with Crippen LogP contribution in [-0.4, -0.2) is 74.4 Å². The van der Waals surface area contributed by atoms with Gasteiger partial charge in [0.1, 0.15) is 0 Å². The average molecular weight is 422 g/mol. The quantitative estimate of drug-likeness (QED) is 0.659. The van der Waals surface area contributed by atoms with Gasteiger partial charge in [0.25, 0.3) is 0 Å². The number of hydrogen-bond donors (Lipinski definition) is 1. The summed E-state index contributed by atoms with van der Waals surface area (Å²) in [6, 6.07) is 10.2. The van der Waals surface area contributed by atoms with E-state index >= 15 is 0 Å². The lowest BCUT2D eigenvalue weighted by molar-refractivity contribution is -0.137. The second kappa shape index (κ2) is 14.2. The average Bonchev–Trinajstić information content (AvgIpc) is 2.65. The van der Waals surface area contributed by atoms with E-state index in [4.69, 9.17) is 15.2 Å². The Bertz CT molecular complexity index is 512. The van der Waals surface area contributed by atoms with Gasteiger partial charge in [0, 0.05) is 45.9 Å². The van der Waals surface area contributed by atoms with E-state index in [1.165, 1.54) is 0 Å². The zero-order valence-electron chi connectivity index (χ0n) is 16.2. The zero-order chi connectivity index (χ0) is 18.1. The number of morpholine rings is 1. The van der Waals surface area contributed by atoms with Gasteiger partial charge in [-0.15, -0.1) is 24.8 Å². The first-order chi connectivity index (χ1) is 12.1. The molecule has 1 aromatic carbocycles. The van der Waals surface area contributed by atoms with E-state index < -0.39 is 0 Å². The van der Waals surface area contributed by atoms with Gasteiger partial charge in [0.2, 0.25) is 5.91 Å². The first-order valence-corrected chi connectivity index (χ1v) is 9.00. The van der Waals surface area contributed by atoms with Gasteiger partial charge in [-0.05, 0) is 12.5 Å². The maximum Gasteiger partial charge on any atom is 0.225 e. The molecular weight excluding hydrogens is 389 g/mol. The van der Waals surface area contributed by atoms with Crippen LogP contribution >= 0.6 is 24.8 Å². The Kier molecular flexibility index (Phi) is 13.7. The molecule has 1 heterocycles. The van der Waals surface area contributed by atoms with Crippen LogP contribution in [0, 0.1) is 0 Å². The third kappa shape index (κ3) is 8.77. The molecule has 0 spiro atoms. The Morgan fingerprint density at radius 1 is 1.26 bits per heavy atom. The van der Waals surface area contributed by atoms with Gasteiger partial charge >= 0.3 is 0 Å². The topological polar surface area (TPSA) is 68.0 Å². The van der Waals surface area contributed by atoms with Crippen molar-refractivity contribution in [3.05, 3.63) is 35.9 Å². The fourth-order valence-electron chi connectivity index (χ4n) is 3.10. The number of methoxy groups -OCH3 is 1. The van der Waals surface area contributed by atoms with Gasteiger partial charge in [0.15, 0.2) is 0 Å². The van der Waals surface area contributed by atoms with Gasteiger partial charge in [-0.25, -0.2) is 0 Å². The normalized spacial score (nSPS) is 16.6. The molecule has 8 heteroatoms. The number of benzene rings is 1. The number of nitrogens with two attached hydrogens (primary N) is 1. The molecule has 0 radical (unpaired) electrons. The molecule has 1 aromatic rings. The molecule has 1 saturated heterocycles. The van der Waals surface area contributed by atoms with Crippen molar-refractivity contribution in [2.45, 2.75) is 32.0 Å². The molecule has 2 rings (SSSR count). The summed E-state index contributed by atoms with van der Waals surface area (Å²) in [6.45, 7) is 7.27. The van der Waals surface area contributed by atoms with Crippen LogP contribution in [0.1, 0.15) is 18.9 Å². The molecule has 6 nitrogen and oxygen atoms in total. The van der Waals surface area contributed by atoms with Crippen LogP contribution in [-0.2, 0) is 20.8 Å². The maximum atomic E-state index is 12.9. The number of carbonyl (C=O) groups is 1. The molecule has 0 bridgehead atoms. The zero-order valence-corrected chi connectivity index (χ0v) is 17.8. The Morgan fingerprint density at radius 2 is 1.89 bits per heavy atom. The molecule has 1 amide bonds. The second-order valence-electron chi connectivity index (χ2n) is 6.57. The number of halogens is 2. The molecule has 2 atom stereocenters. The van der Waals surface area contributed by atoms with E-state index in [2.05, 4.69) is 24.0 Å². The highest BCUT2D eigenvalue weighted by Crippen LogP contribution is 2.14. The van der Waals surface area contributed by atoms with Crippen molar-refractivity contribution in [1.29, 1.82) is 0 Å². The van der Waals surface area contributed by atoms with E-state index in [0.717, 1.165) is 38.4 Å². The molecule has 2 N–H and O–H groups in total. The summed E-state index contributed by atoms with van der Waals surface area (Å²) < 4.78 is 10.7. The molecular formula is C19H33Cl2N3O3. The fourth-order valence-corrected chi connectivity index (χ4v) is 3.10. The van der Waals surface area contributed by atoms with Crippen molar-refractivity contribution in [3.8, 4) is 0 Å². The Hall–Kier alpha value is -0.890. The molecule has 1 aliphatic rings. The summed E-state index contributed by atoms with van der Waals surface area (Å²) in [5, 5.41) is 0. The number of hydrogen-bond acceptors (Lipinski definition) is 5. The highest BCUT2D eigenvalue weighted by molar-refractivity contribution is 5.85. The molecule has 1 fully saturated rings.